The fourth-order valence-electron chi connectivity index (χ4n) is 1.41. The quantitative estimate of drug-likeness (QED) is 0.773. The van der Waals surface area contributed by atoms with Crippen LogP contribution in [-0.2, 0) is 16.0 Å². The summed E-state index contributed by atoms with van der Waals surface area (Å²) in [7, 11) is 0. The van der Waals surface area contributed by atoms with Crippen molar-refractivity contribution in [1.29, 1.82) is 0 Å². The van der Waals surface area contributed by atoms with E-state index >= 15 is 0 Å². The molecule has 0 aliphatic heterocycles. The van der Waals surface area contributed by atoms with Crippen LogP contribution in [0.3, 0.4) is 0 Å². The Kier molecular flexibility index (Phi) is 6.29. The highest BCUT2D eigenvalue weighted by Gasteiger charge is 2.05. The van der Waals surface area contributed by atoms with Gasteiger partial charge in [0.25, 0.3) is 0 Å². The van der Waals surface area contributed by atoms with Crippen molar-refractivity contribution < 1.29 is 9.53 Å². The lowest BCUT2D eigenvalue weighted by molar-refractivity contribution is -0.127. The van der Waals surface area contributed by atoms with Crippen LogP contribution in [0.1, 0.15) is 35.8 Å². The first-order valence-electron chi connectivity index (χ1n) is 6.30. The zero-order valence-electron chi connectivity index (χ0n) is 11.6. The molecule has 4 nitrogen and oxygen atoms in total. The van der Waals surface area contributed by atoms with Gasteiger partial charge in [-0.15, -0.1) is 11.3 Å². The van der Waals surface area contributed by atoms with Gasteiger partial charge < -0.3 is 10.1 Å². The van der Waals surface area contributed by atoms with Crippen LogP contribution in [0.2, 0.25) is 0 Å². The molecule has 0 radical (unpaired) electrons. The smallest absolute Gasteiger partial charge is 0.246 e. The fraction of sp³-hybridized carbons (Fsp3) is 0.692. The number of aryl methyl sites for hydroxylation is 3. The van der Waals surface area contributed by atoms with Crippen LogP contribution in [0.4, 0.5) is 0 Å². The highest BCUT2D eigenvalue weighted by Crippen LogP contribution is 2.17. The minimum absolute atomic E-state index is 0.0461. The number of thiazole rings is 1. The number of carbonyl (C=O) groups is 1. The minimum Gasteiger partial charge on any atom is -0.369 e. The Morgan fingerprint density at radius 3 is 2.72 bits per heavy atom. The number of rotatable bonds is 7. The van der Waals surface area contributed by atoms with Crippen molar-refractivity contribution in [3.63, 3.8) is 0 Å². The molecule has 0 unspecified atom stereocenters. The van der Waals surface area contributed by atoms with E-state index in [9.17, 15) is 4.79 Å². The molecule has 0 aliphatic carbocycles. The summed E-state index contributed by atoms with van der Waals surface area (Å²) in [4.78, 5) is 17.1. The van der Waals surface area contributed by atoms with Gasteiger partial charge in [0.1, 0.15) is 6.61 Å². The maximum absolute atomic E-state index is 11.4. The standard InChI is InChI=1S/C13H22N2O2S/c1-9(2)17-8-12(16)14-7-5-6-13-15-10(3)11(4)18-13/h9H,5-8H2,1-4H3,(H,14,16). The number of nitrogens with zero attached hydrogens (tertiary/aromatic N) is 1. The SMILES string of the molecule is Cc1nc(CCCNC(=O)COC(C)C)sc1C. The van der Waals surface area contributed by atoms with Crippen LogP contribution in [-0.4, -0.2) is 30.1 Å². The predicted molar refractivity (Wildman–Crippen MR) is 74.0 cm³/mol. The molecule has 1 heterocycles. The summed E-state index contributed by atoms with van der Waals surface area (Å²) in [6.07, 6.45) is 1.93. The van der Waals surface area contributed by atoms with E-state index < -0.39 is 0 Å². The van der Waals surface area contributed by atoms with Crippen LogP contribution < -0.4 is 5.32 Å². The predicted octanol–water partition coefficient (Wildman–Crippen LogP) is 2.23. The normalized spacial score (nSPS) is 10.9. The Morgan fingerprint density at radius 1 is 1.44 bits per heavy atom. The van der Waals surface area contributed by atoms with Crippen molar-refractivity contribution in [2.45, 2.75) is 46.6 Å². The average molecular weight is 270 g/mol. The van der Waals surface area contributed by atoms with Crippen molar-refractivity contribution in [3.05, 3.63) is 15.6 Å². The summed E-state index contributed by atoms with van der Waals surface area (Å²) >= 11 is 1.74. The number of carbonyl (C=O) groups excluding carboxylic acids is 1. The maximum atomic E-state index is 11.4. The van der Waals surface area contributed by atoms with Crippen LogP contribution in [0.25, 0.3) is 0 Å². The van der Waals surface area contributed by atoms with Gasteiger partial charge in [-0.25, -0.2) is 4.98 Å². The molecule has 1 N–H and O–H groups in total. The van der Waals surface area contributed by atoms with E-state index in [0.29, 0.717) is 6.54 Å². The number of hydrogen-bond donors (Lipinski definition) is 1. The lowest BCUT2D eigenvalue weighted by Crippen LogP contribution is -2.29. The summed E-state index contributed by atoms with van der Waals surface area (Å²) in [5.74, 6) is -0.0461. The van der Waals surface area contributed by atoms with E-state index in [1.54, 1.807) is 11.3 Å². The van der Waals surface area contributed by atoms with Gasteiger partial charge in [0.05, 0.1) is 16.8 Å². The number of amides is 1. The Balaban J connectivity index is 2.13. The van der Waals surface area contributed by atoms with Gasteiger partial charge in [-0.2, -0.15) is 0 Å². The van der Waals surface area contributed by atoms with E-state index in [1.165, 1.54) is 4.88 Å². The molecule has 5 heteroatoms. The second-order valence-electron chi connectivity index (χ2n) is 4.56. The molecule has 18 heavy (non-hydrogen) atoms. The van der Waals surface area contributed by atoms with Gasteiger partial charge in [0, 0.05) is 17.8 Å². The van der Waals surface area contributed by atoms with Crippen molar-refractivity contribution in [2.75, 3.05) is 13.2 Å². The highest BCUT2D eigenvalue weighted by atomic mass is 32.1. The monoisotopic (exact) mass is 270 g/mol. The van der Waals surface area contributed by atoms with Crippen molar-refractivity contribution >= 4 is 17.2 Å². The van der Waals surface area contributed by atoms with E-state index in [-0.39, 0.29) is 18.6 Å². The zero-order valence-corrected chi connectivity index (χ0v) is 12.4. The number of aromatic nitrogens is 1. The highest BCUT2D eigenvalue weighted by molar-refractivity contribution is 7.11. The number of nitrogens with one attached hydrogen (secondary N) is 1. The Bertz CT molecular complexity index is 369. The molecular formula is C13H22N2O2S. The molecule has 1 rings (SSSR count). The summed E-state index contributed by atoms with van der Waals surface area (Å²) < 4.78 is 5.22. The molecule has 0 atom stereocenters. The van der Waals surface area contributed by atoms with Crippen molar-refractivity contribution in [2.24, 2.45) is 0 Å². The molecule has 102 valence electrons. The van der Waals surface area contributed by atoms with Crippen LogP contribution in [0, 0.1) is 13.8 Å². The van der Waals surface area contributed by atoms with Crippen molar-refractivity contribution in [1.82, 2.24) is 10.3 Å². The number of ether oxygens (including phenoxy) is 1. The first kappa shape index (κ1) is 15.1. The summed E-state index contributed by atoms with van der Waals surface area (Å²) in [6.45, 7) is 8.77. The Hall–Kier alpha value is -0.940. The zero-order chi connectivity index (χ0) is 13.5. The second kappa shape index (κ2) is 7.48. The van der Waals surface area contributed by atoms with Crippen molar-refractivity contribution in [3.8, 4) is 0 Å². The van der Waals surface area contributed by atoms with E-state index in [4.69, 9.17) is 4.74 Å². The van der Waals surface area contributed by atoms with Gasteiger partial charge >= 0.3 is 0 Å². The first-order valence-corrected chi connectivity index (χ1v) is 7.12. The molecule has 0 aromatic carbocycles. The lowest BCUT2D eigenvalue weighted by atomic mass is 10.3. The third kappa shape index (κ3) is 5.60. The van der Waals surface area contributed by atoms with Crippen LogP contribution >= 0.6 is 11.3 Å². The summed E-state index contributed by atoms with van der Waals surface area (Å²) in [6, 6.07) is 0. The maximum Gasteiger partial charge on any atom is 0.246 e. The molecule has 1 aromatic rings. The summed E-state index contributed by atoms with van der Waals surface area (Å²) in [5, 5.41) is 3.99. The fourth-order valence-corrected chi connectivity index (χ4v) is 2.38. The molecule has 0 saturated heterocycles. The third-order valence-electron chi connectivity index (χ3n) is 2.51. The minimum atomic E-state index is -0.0461. The molecule has 0 saturated carbocycles. The largest absolute Gasteiger partial charge is 0.369 e. The molecule has 0 aliphatic rings. The lowest BCUT2D eigenvalue weighted by Gasteiger charge is -2.07. The Morgan fingerprint density at radius 2 is 2.17 bits per heavy atom. The Labute approximate surface area is 113 Å². The van der Waals surface area contributed by atoms with Crippen LogP contribution in [0.5, 0.6) is 0 Å². The summed E-state index contributed by atoms with van der Waals surface area (Å²) in [5.41, 5.74) is 1.12. The van der Waals surface area contributed by atoms with E-state index in [1.807, 2.05) is 20.8 Å². The van der Waals surface area contributed by atoms with Gasteiger partial charge in [0.15, 0.2) is 0 Å². The third-order valence-corrected chi connectivity index (χ3v) is 3.64. The molecule has 0 fully saturated rings. The van der Waals surface area contributed by atoms with Gasteiger partial charge in [0.2, 0.25) is 5.91 Å². The second-order valence-corrected chi connectivity index (χ2v) is 5.85. The molecule has 0 spiro atoms. The topological polar surface area (TPSA) is 51.2 Å². The average Bonchev–Trinajstić information content (AvgIpc) is 2.62. The molecular weight excluding hydrogens is 248 g/mol. The van der Waals surface area contributed by atoms with Gasteiger partial charge in [-0.1, -0.05) is 0 Å². The van der Waals surface area contributed by atoms with Gasteiger partial charge in [-0.05, 0) is 34.1 Å². The van der Waals surface area contributed by atoms with E-state index in [0.717, 1.165) is 23.5 Å². The van der Waals surface area contributed by atoms with Gasteiger partial charge in [-0.3, -0.25) is 4.79 Å². The van der Waals surface area contributed by atoms with E-state index in [2.05, 4.69) is 17.2 Å². The molecule has 0 bridgehead atoms. The van der Waals surface area contributed by atoms with Crippen LogP contribution in [0.15, 0.2) is 0 Å². The number of hydrogen-bond acceptors (Lipinski definition) is 4. The molecule has 1 amide bonds. The molecule has 1 aromatic heterocycles. The first-order chi connectivity index (χ1) is 8.49.